The van der Waals surface area contributed by atoms with Crippen LogP contribution in [0.1, 0.15) is 40.0 Å². The van der Waals surface area contributed by atoms with Crippen molar-refractivity contribution in [3.8, 4) is 0 Å². The smallest absolute Gasteiger partial charge is 0.412 e. The number of halogens is 1. The van der Waals surface area contributed by atoms with Gasteiger partial charge in [-0.3, -0.25) is 5.32 Å². The highest BCUT2D eigenvalue weighted by molar-refractivity contribution is 5.89. The molecule has 23 heavy (non-hydrogen) atoms. The fraction of sp³-hybridized carbons (Fsp3) is 0.588. The first-order valence-electron chi connectivity index (χ1n) is 8.04. The fourth-order valence-corrected chi connectivity index (χ4v) is 2.87. The lowest BCUT2D eigenvalue weighted by atomic mass is 10.0. The maximum absolute atomic E-state index is 13.6. The number of nitrogens with two attached hydrogens (primary N) is 1. The third-order valence-electron chi connectivity index (χ3n) is 3.92. The average molecular weight is 323 g/mol. The first-order valence-corrected chi connectivity index (χ1v) is 8.04. The minimum atomic E-state index is -0.589. The minimum Gasteiger partial charge on any atom is -0.444 e. The molecule has 0 bridgehead atoms. The number of anilines is 2. The van der Waals surface area contributed by atoms with Crippen LogP contribution in [0.3, 0.4) is 0 Å². The van der Waals surface area contributed by atoms with Crippen molar-refractivity contribution in [2.45, 2.75) is 51.7 Å². The van der Waals surface area contributed by atoms with Crippen LogP contribution in [0.2, 0.25) is 0 Å². The normalized spacial score (nSPS) is 21.1. The number of nitrogens with one attached hydrogen (secondary N) is 2. The molecule has 4 N–H and O–H groups in total. The molecule has 1 aliphatic carbocycles. The number of amides is 1. The Kier molecular flexibility index (Phi) is 5.46. The van der Waals surface area contributed by atoms with E-state index in [0.29, 0.717) is 23.8 Å². The van der Waals surface area contributed by atoms with Crippen molar-refractivity contribution in [3.05, 3.63) is 24.0 Å². The molecule has 2 rings (SSSR count). The molecule has 1 fully saturated rings. The van der Waals surface area contributed by atoms with E-state index in [0.717, 1.165) is 19.3 Å². The van der Waals surface area contributed by atoms with Gasteiger partial charge in [0.2, 0.25) is 0 Å². The van der Waals surface area contributed by atoms with Crippen LogP contribution in [-0.4, -0.2) is 24.3 Å². The van der Waals surface area contributed by atoms with Crippen LogP contribution >= 0.6 is 0 Å². The second-order valence-electron chi connectivity index (χ2n) is 6.99. The number of hydrogen-bond acceptors (Lipinski definition) is 4. The highest BCUT2D eigenvalue weighted by atomic mass is 19.1. The Bertz CT molecular complexity index is 557. The van der Waals surface area contributed by atoms with Crippen molar-refractivity contribution >= 4 is 17.5 Å². The molecule has 1 aliphatic rings. The maximum atomic E-state index is 13.6. The lowest BCUT2D eigenvalue weighted by molar-refractivity contribution is 0.0636. The van der Waals surface area contributed by atoms with E-state index >= 15 is 0 Å². The van der Waals surface area contributed by atoms with Crippen molar-refractivity contribution in [1.82, 2.24) is 0 Å². The van der Waals surface area contributed by atoms with E-state index in [9.17, 15) is 9.18 Å². The molecule has 0 radical (unpaired) electrons. The van der Waals surface area contributed by atoms with Gasteiger partial charge in [0.1, 0.15) is 11.4 Å². The summed E-state index contributed by atoms with van der Waals surface area (Å²) in [6.07, 6.45) is 2.60. The minimum absolute atomic E-state index is 0.195. The summed E-state index contributed by atoms with van der Waals surface area (Å²) >= 11 is 0. The molecule has 5 nitrogen and oxygen atoms in total. The van der Waals surface area contributed by atoms with Crippen molar-refractivity contribution in [2.24, 2.45) is 11.7 Å². The molecule has 2 atom stereocenters. The van der Waals surface area contributed by atoms with Gasteiger partial charge in [-0.05, 0) is 64.3 Å². The van der Waals surface area contributed by atoms with Crippen LogP contribution in [-0.2, 0) is 4.74 Å². The Morgan fingerprint density at radius 1 is 1.35 bits per heavy atom. The van der Waals surface area contributed by atoms with E-state index in [1.54, 1.807) is 20.8 Å². The molecular weight excluding hydrogens is 297 g/mol. The summed E-state index contributed by atoms with van der Waals surface area (Å²) in [7, 11) is 0. The summed E-state index contributed by atoms with van der Waals surface area (Å²) in [6, 6.07) is 4.43. The van der Waals surface area contributed by atoms with Crippen molar-refractivity contribution in [2.75, 3.05) is 17.2 Å². The summed E-state index contributed by atoms with van der Waals surface area (Å²) in [5.74, 6) is 0.0113. The second kappa shape index (κ2) is 7.17. The van der Waals surface area contributed by atoms with Gasteiger partial charge in [-0.1, -0.05) is 6.42 Å². The van der Waals surface area contributed by atoms with Crippen LogP contribution in [0.15, 0.2) is 18.2 Å². The van der Waals surface area contributed by atoms with Crippen molar-refractivity contribution < 1.29 is 13.9 Å². The number of hydrogen-bond donors (Lipinski definition) is 3. The zero-order valence-corrected chi connectivity index (χ0v) is 14.0. The van der Waals surface area contributed by atoms with Crippen LogP contribution in [0.5, 0.6) is 0 Å². The SMILES string of the molecule is CC(C)(C)OC(=O)Nc1ccc(F)cc1NC1CCCC1CN. The molecule has 6 heteroatoms. The van der Waals surface area contributed by atoms with Crippen LogP contribution in [0.4, 0.5) is 20.6 Å². The maximum Gasteiger partial charge on any atom is 0.412 e. The van der Waals surface area contributed by atoms with E-state index in [4.69, 9.17) is 10.5 Å². The predicted molar refractivity (Wildman–Crippen MR) is 90.1 cm³/mol. The lowest BCUT2D eigenvalue weighted by Gasteiger charge is -2.24. The highest BCUT2D eigenvalue weighted by Crippen LogP contribution is 2.31. The van der Waals surface area contributed by atoms with Crippen LogP contribution in [0, 0.1) is 11.7 Å². The molecular formula is C17H26FN3O2. The van der Waals surface area contributed by atoms with Crippen LogP contribution < -0.4 is 16.4 Å². The van der Waals surface area contributed by atoms with Gasteiger partial charge < -0.3 is 15.8 Å². The van der Waals surface area contributed by atoms with Gasteiger partial charge in [0.25, 0.3) is 0 Å². The molecule has 1 amide bonds. The predicted octanol–water partition coefficient (Wildman–Crippen LogP) is 3.71. The zero-order valence-electron chi connectivity index (χ0n) is 14.0. The van der Waals surface area contributed by atoms with Gasteiger partial charge >= 0.3 is 6.09 Å². The number of benzene rings is 1. The summed E-state index contributed by atoms with van der Waals surface area (Å²) in [5.41, 5.74) is 6.26. The Hall–Kier alpha value is -1.82. The second-order valence-corrected chi connectivity index (χ2v) is 6.99. The molecule has 0 aliphatic heterocycles. The quantitative estimate of drug-likeness (QED) is 0.789. The monoisotopic (exact) mass is 323 g/mol. The van der Waals surface area contributed by atoms with Crippen molar-refractivity contribution in [3.63, 3.8) is 0 Å². The largest absolute Gasteiger partial charge is 0.444 e. The molecule has 0 heterocycles. The van der Waals surface area contributed by atoms with Gasteiger partial charge in [-0.2, -0.15) is 0 Å². The molecule has 0 spiro atoms. The third kappa shape index (κ3) is 5.10. The number of carbonyl (C=O) groups excluding carboxylic acids is 1. The van der Waals surface area contributed by atoms with E-state index in [-0.39, 0.29) is 11.9 Å². The molecule has 0 saturated heterocycles. The Morgan fingerprint density at radius 2 is 2.09 bits per heavy atom. The fourth-order valence-electron chi connectivity index (χ4n) is 2.87. The standard InChI is InChI=1S/C17H26FN3O2/c1-17(2,3)23-16(22)21-14-8-7-12(18)9-15(14)20-13-6-4-5-11(13)10-19/h7-9,11,13,20H,4-6,10,19H2,1-3H3,(H,21,22). The Balaban J connectivity index is 2.12. The number of carbonyl (C=O) groups is 1. The first kappa shape index (κ1) is 17.5. The third-order valence-corrected chi connectivity index (χ3v) is 3.92. The zero-order chi connectivity index (χ0) is 17.0. The first-order chi connectivity index (χ1) is 10.8. The summed E-state index contributed by atoms with van der Waals surface area (Å²) < 4.78 is 18.8. The van der Waals surface area contributed by atoms with Crippen molar-refractivity contribution in [1.29, 1.82) is 0 Å². The topological polar surface area (TPSA) is 76.4 Å². The van der Waals surface area contributed by atoms with Gasteiger partial charge in [0.15, 0.2) is 0 Å². The van der Waals surface area contributed by atoms with E-state index in [2.05, 4.69) is 10.6 Å². The van der Waals surface area contributed by atoms with Gasteiger partial charge in [-0.25, -0.2) is 9.18 Å². The number of ether oxygens (including phenoxy) is 1. The molecule has 128 valence electrons. The molecule has 1 saturated carbocycles. The average Bonchev–Trinajstić information content (AvgIpc) is 2.87. The Labute approximate surface area is 136 Å². The molecule has 0 aromatic heterocycles. The van der Waals surface area contributed by atoms with E-state index < -0.39 is 11.7 Å². The summed E-state index contributed by atoms with van der Waals surface area (Å²) in [6.45, 7) is 5.98. The summed E-state index contributed by atoms with van der Waals surface area (Å²) in [5, 5.41) is 6.01. The van der Waals surface area contributed by atoms with Crippen LogP contribution in [0.25, 0.3) is 0 Å². The van der Waals surface area contributed by atoms with Gasteiger partial charge in [0.05, 0.1) is 11.4 Å². The molecule has 1 aromatic rings. The molecule has 2 unspecified atom stereocenters. The van der Waals surface area contributed by atoms with Gasteiger partial charge in [0, 0.05) is 6.04 Å². The number of rotatable bonds is 4. The highest BCUT2D eigenvalue weighted by Gasteiger charge is 2.27. The molecule has 1 aromatic carbocycles. The summed E-state index contributed by atoms with van der Waals surface area (Å²) in [4.78, 5) is 11.9. The van der Waals surface area contributed by atoms with E-state index in [1.165, 1.54) is 18.2 Å². The lowest BCUT2D eigenvalue weighted by Crippen LogP contribution is -2.30. The van der Waals surface area contributed by atoms with E-state index in [1.807, 2.05) is 0 Å². The Morgan fingerprint density at radius 3 is 2.74 bits per heavy atom. The van der Waals surface area contributed by atoms with Gasteiger partial charge in [-0.15, -0.1) is 0 Å².